The fourth-order valence-corrected chi connectivity index (χ4v) is 1.63. The normalized spacial score (nSPS) is 9.75. The number of nitrogens with zero attached hydrogens (tertiary/aromatic N) is 2. The summed E-state index contributed by atoms with van der Waals surface area (Å²) < 4.78 is 14.8. The number of hydrogen-bond donors (Lipinski definition) is 2. The van der Waals surface area contributed by atoms with Crippen LogP contribution in [0, 0.1) is 17.7 Å². The van der Waals surface area contributed by atoms with Gasteiger partial charge in [-0.2, -0.15) is 5.10 Å². The van der Waals surface area contributed by atoms with E-state index < -0.39 is 11.7 Å². The molecule has 0 radical (unpaired) electrons. The number of nitrogens with one attached hydrogen (secondary N) is 1. The fourth-order valence-electron chi connectivity index (χ4n) is 1.63. The summed E-state index contributed by atoms with van der Waals surface area (Å²) in [6.07, 6.45) is 1.70. The molecular formula is C14H13FN4O. The summed E-state index contributed by atoms with van der Waals surface area (Å²) in [6, 6.07) is 5.46. The number of amides is 1. The number of aryl methyl sites for hydroxylation is 1. The van der Waals surface area contributed by atoms with Crippen molar-refractivity contribution in [3.63, 3.8) is 0 Å². The van der Waals surface area contributed by atoms with Gasteiger partial charge in [-0.1, -0.05) is 11.8 Å². The van der Waals surface area contributed by atoms with E-state index >= 15 is 0 Å². The third kappa shape index (κ3) is 3.22. The quantitative estimate of drug-likeness (QED) is 0.805. The predicted octanol–water partition coefficient (Wildman–Crippen LogP) is 1.12. The SMILES string of the molecule is Cn1ccc(NC(=O)c2ccc(F)cc2C#CCN)n1. The highest BCUT2D eigenvalue weighted by atomic mass is 19.1. The molecule has 1 heterocycles. The van der Waals surface area contributed by atoms with Crippen molar-refractivity contribution in [2.45, 2.75) is 0 Å². The first-order valence-electron chi connectivity index (χ1n) is 5.89. The molecule has 2 aromatic rings. The van der Waals surface area contributed by atoms with Crippen molar-refractivity contribution in [2.24, 2.45) is 12.8 Å². The Balaban J connectivity index is 2.29. The van der Waals surface area contributed by atoms with E-state index in [0.29, 0.717) is 11.4 Å². The Bertz CT molecular complexity index is 697. The molecule has 0 fully saturated rings. The van der Waals surface area contributed by atoms with Gasteiger partial charge >= 0.3 is 0 Å². The smallest absolute Gasteiger partial charge is 0.258 e. The van der Waals surface area contributed by atoms with E-state index in [1.165, 1.54) is 18.2 Å². The highest BCUT2D eigenvalue weighted by Gasteiger charge is 2.12. The minimum atomic E-state index is -0.458. The van der Waals surface area contributed by atoms with Crippen LogP contribution in [0.4, 0.5) is 10.2 Å². The van der Waals surface area contributed by atoms with Crippen LogP contribution in [0.1, 0.15) is 15.9 Å². The molecule has 1 aromatic heterocycles. The summed E-state index contributed by atoms with van der Waals surface area (Å²) in [7, 11) is 1.74. The Morgan fingerprint density at radius 2 is 2.30 bits per heavy atom. The third-order valence-electron chi connectivity index (χ3n) is 2.51. The lowest BCUT2D eigenvalue weighted by Gasteiger charge is -2.05. The van der Waals surface area contributed by atoms with Crippen molar-refractivity contribution in [3.05, 3.63) is 47.4 Å². The molecule has 0 saturated heterocycles. The largest absolute Gasteiger partial charge is 0.320 e. The Morgan fingerprint density at radius 1 is 1.50 bits per heavy atom. The van der Waals surface area contributed by atoms with Crippen LogP contribution in [0.3, 0.4) is 0 Å². The summed E-state index contributed by atoms with van der Waals surface area (Å²) in [6.45, 7) is 0.137. The topological polar surface area (TPSA) is 72.9 Å². The Morgan fingerprint density at radius 3 is 2.95 bits per heavy atom. The molecule has 0 aliphatic heterocycles. The van der Waals surface area contributed by atoms with E-state index in [9.17, 15) is 9.18 Å². The van der Waals surface area contributed by atoms with Gasteiger partial charge in [0.25, 0.3) is 5.91 Å². The van der Waals surface area contributed by atoms with Crippen LogP contribution in [-0.2, 0) is 7.05 Å². The average Bonchev–Trinajstić information content (AvgIpc) is 2.81. The molecule has 3 N–H and O–H groups in total. The second-order valence-electron chi connectivity index (χ2n) is 4.02. The molecule has 20 heavy (non-hydrogen) atoms. The molecule has 0 saturated carbocycles. The number of rotatable bonds is 2. The lowest BCUT2D eigenvalue weighted by Crippen LogP contribution is -2.14. The monoisotopic (exact) mass is 272 g/mol. The number of halogens is 1. The molecule has 2 rings (SSSR count). The molecule has 0 aliphatic carbocycles. The maximum Gasteiger partial charge on any atom is 0.258 e. The molecule has 0 aliphatic rings. The van der Waals surface area contributed by atoms with E-state index in [1.807, 2.05) is 0 Å². The van der Waals surface area contributed by atoms with Crippen molar-refractivity contribution in [1.82, 2.24) is 9.78 Å². The highest BCUT2D eigenvalue weighted by molar-refractivity contribution is 6.05. The molecule has 0 bridgehead atoms. The number of carbonyl (C=O) groups is 1. The van der Waals surface area contributed by atoms with Crippen LogP contribution in [0.5, 0.6) is 0 Å². The molecule has 5 nitrogen and oxygen atoms in total. The average molecular weight is 272 g/mol. The summed E-state index contributed by atoms with van der Waals surface area (Å²) in [5.41, 5.74) is 5.86. The Labute approximate surface area is 115 Å². The first-order chi connectivity index (χ1) is 9.60. The number of benzene rings is 1. The molecule has 102 valence electrons. The van der Waals surface area contributed by atoms with E-state index in [0.717, 1.165) is 0 Å². The lowest BCUT2D eigenvalue weighted by atomic mass is 10.1. The summed E-state index contributed by atoms with van der Waals surface area (Å²) in [5.74, 6) is 4.85. The zero-order valence-corrected chi connectivity index (χ0v) is 10.9. The summed E-state index contributed by atoms with van der Waals surface area (Å²) in [4.78, 5) is 12.1. The molecule has 0 spiro atoms. The van der Waals surface area contributed by atoms with Gasteiger partial charge in [-0.25, -0.2) is 4.39 Å². The first-order valence-corrected chi connectivity index (χ1v) is 5.89. The number of hydrogen-bond acceptors (Lipinski definition) is 3. The van der Waals surface area contributed by atoms with E-state index in [4.69, 9.17) is 5.73 Å². The van der Waals surface area contributed by atoms with Crippen molar-refractivity contribution >= 4 is 11.7 Å². The van der Waals surface area contributed by atoms with Gasteiger partial charge in [-0.3, -0.25) is 9.48 Å². The zero-order chi connectivity index (χ0) is 14.5. The molecule has 6 heteroatoms. The minimum absolute atomic E-state index is 0.137. The Kier molecular flexibility index (Phi) is 4.13. The van der Waals surface area contributed by atoms with Crippen molar-refractivity contribution in [2.75, 3.05) is 11.9 Å². The van der Waals surface area contributed by atoms with Crippen LogP contribution in [0.15, 0.2) is 30.5 Å². The van der Waals surface area contributed by atoms with Crippen molar-refractivity contribution in [3.8, 4) is 11.8 Å². The summed E-state index contributed by atoms with van der Waals surface area (Å²) >= 11 is 0. The lowest BCUT2D eigenvalue weighted by molar-refractivity contribution is 0.102. The van der Waals surface area contributed by atoms with Gasteiger partial charge in [0.2, 0.25) is 0 Å². The fraction of sp³-hybridized carbons (Fsp3) is 0.143. The van der Waals surface area contributed by atoms with E-state index in [2.05, 4.69) is 22.3 Å². The summed E-state index contributed by atoms with van der Waals surface area (Å²) in [5, 5.41) is 6.66. The second kappa shape index (κ2) is 5.99. The van der Waals surface area contributed by atoms with Gasteiger partial charge in [0.05, 0.1) is 12.1 Å². The molecule has 1 amide bonds. The predicted molar refractivity (Wildman–Crippen MR) is 73.5 cm³/mol. The first kappa shape index (κ1) is 13.8. The number of carbonyl (C=O) groups excluding carboxylic acids is 1. The maximum absolute atomic E-state index is 13.2. The van der Waals surface area contributed by atoms with Gasteiger partial charge in [-0.05, 0) is 18.2 Å². The standard InChI is InChI=1S/C14H13FN4O/c1-19-8-6-13(18-19)17-14(20)12-5-4-11(15)9-10(12)3-2-7-16/h4-6,8-9H,7,16H2,1H3,(H,17,18,20). The van der Waals surface area contributed by atoms with E-state index in [1.54, 1.807) is 24.0 Å². The second-order valence-corrected chi connectivity index (χ2v) is 4.02. The van der Waals surface area contributed by atoms with Gasteiger partial charge < -0.3 is 11.1 Å². The number of aromatic nitrogens is 2. The van der Waals surface area contributed by atoms with Gasteiger partial charge in [0.15, 0.2) is 5.82 Å². The number of anilines is 1. The van der Waals surface area contributed by atoms with Crippen molar-refractivity contribution in [1.29, 1.82) is 0 Å². The third-order valence-corrected chi connectivity index (χ3v) is 2.51. The van der Waals surface area contributed by atoms with Crippen LogP contribution < -0.4 is 11.1 Å². The van der Waals surface area contributed by atoms with Crippen LogP contribution in [0.2, 0.25) is 0 Å². The van der Waals surface area contributed by atoms with Gasteiger partial charge in [0.1, 0.15) is 5.82 Å². The van der Waals surface area contributed by atoms with Crippen LogP contribution in [0.25, 0.3) is 0 Å². The van der Waals surface area contributed by atoms with Crippen LogP contribution in [-0.4, -0.2) is 22.2 Å². The molecule has 1 aromatic carbocycles. The molecular weight excluding hydrogens is 259 g/mol. The Hall–Kier alpha value is -2.65. The minimum Gasteiger partial charge on any atom is -0.320 e. The zero-order valence-electron chi connectivity index (χ0n) is 10.9. The van der Waals surface area contributed by atoms with Crippen molar-refractivity contribution < 1.29 is 9.18 Å². The number of nitrogens with two attached hydrogens (primary N) is 1. The highest BCUT2D eigenvalue weighted by Crippen LogP contribution is 2.13. The molecule has 0 unspecified atom stereocenters. The van der Waals surface area contributed by atoms with Gasteiger partial charge in [0, 0.05) is 24.9 Å². The van der Waals surface area contributed by atoms with E-state index in [-0.39, 0.29) is 12.1 Å². The van der Waals surface area contributed by atoms with Crippen LogP contribution >= 0.6 is 0 Å². The van der Waals surface area contributed by atoms with Gasteiger partial charge in [-0.15, -0.1) is 0 Å². The molecule has 0 atom stereocenters. The maximum atomic E-state index is 13.2.